The molecule has 0 amide bonds. The van der Waals surface area contributed by atoms with Crippen molar-refractivity contribution in [3.8, 4) is 0 Å². The zero-order valence-electron chi connectivity index (χ0n) is 10.4. The molecule has 0 atom stereocenters. The highest BCUT2D eigenvalue weighted by atomic mass is 32.2. The van der Waals surface area contributed by atoms with E-state index in [1.54, 1.807) is 6.92 Å². The Labute approximate surface area is 102 Å². The molecule has 5 heteroatoms. The number of halogens is 1. The Hall–Kier alpha value is -0.940. The lowest BCUT2D eigenvalue weighted by Gasteiger charge is -2.22. The molecular weight excluding hydrogens is 241 g/mol. The fourth-order valence-electron chi connectivity index (χ4n) is 1.60. The van der Waals surface area contributed by atoms with E-state index in [1.165, 1.54) is 22.5 Å². The summed E-state index contributed by atoms with van der Waals surface area (Å²) in [5, 5.41) is 0. The van der Waals surface area contributed by atoms with Crippen LogP contribution in [0.5, 0.6) is 0 Å². The molecule has 0 N–H and O–H groups in total. The van der Waals surface area contributed by atoms with Gasteiger partial charge in [0.25, 0.3) is 0 Å². The lowest BCUT2D eigenvalue weighted by Crippen LogP contribution is -2.34. The van der Waals surface area contributed by atoms with Crippen molar-refractivity contribution >= 4 is 10.0 Å². The van der Waals surface area contributed by atoms with Gasteiger partial charge in [0.1, 0.15) is 10.7 Å². The Bertz CT molecular complexity index is 471. The van der Waals surface area contributed by atoms with Gasteiger partial charge in [-0.3, -0.25) is 0 Å². The van der Waals surface area contributed by atoms with E-state index in [0.29, 0.717) is 13.1 Å². The van der Waals surface area contributed by atoms with E-state index in [4.69, 9.17) is 0 Å². The quantitative estimate of drug-likeness (QED) is 0.814. The molecule has 0 saturated carbocycles. The molecule has 0 aliphatic heterocycles. The number of rotatable bonds is 5. The summed E-state index contributed by atoms with van der Waals surface area (Å²) in [6.07, 6.45) is 0. The van der Waals surface area contributed by atoms with E-state index >= 15 is 0 Å². The average Bonchev–Trinajstić information content (AvgIpc) is 2.25. The fraction of sp³-hybridized carbons (Fsp3) is 0.500. The second-order valence-corrected chi connectivity index (χ2v) is 6.19. The van der Waals surface area contributed by atoms with Crippen LogP contribution in [0.3, 0.4) is 0 Å². The summed E-state index contributed by atoms with van der Waals surface area (Å²) in [5.74, 6) is -0.494. The topological polar surface area (TPSA) is 37.4 Å². The van der Waals surface area contributed by atoms with Crippen molar-refractivity contribution < 1.29 is 12.8 Å². The average molecular weight is 259 g/mol. The van der Waals surface area contributed by atoms with E-state index in [-0.39, 0.29) is 10.8 Å². The predicted molar refractivity (Wildman–Crippen MR) is 65.7 cm³/mol. The zero-order valence-corrected chi connectivity index (χ0v) is 11.2. The second kappa shape index (κ2) is 5.60. The van der Waals surface area contributed by atoms with Crippen molar-refractivity contribution in [3.63, 3.8) is 0 Å². The largest absolute Gasteiger partial charge is 0.245 e. The Morgan fingerprint density at radius 3 is 2.35 bits per heavy atom. The monoisotopic (exact) mass is 259 g/mol. The molecule has 96 valence electrons. The highest BCUT2D eigenvalue weighted by Gasteiger charge is 2.26. The Balaban J connectivity index is 3.14. The van der Waals surface area contributed by atoms with Gasteiger partial charge in [-0.2, -0.15) is 4.31 Å². The van der Waals surface area contributed by atoms with Crippen LogP contribution in [0.1, 0.15) is 20.8 Å². The standard InChI is InChI=1S/C12H18FNO2S/c1-4-14(9-10(2)3)17(15,16)12-8-6-5-7-11(12)13/h5-8,10H,4,9H2,1-3H3. The smallest absolute Gasteiger partial charge is 0.207 e. The van der Waals surface area contributed by atoms with Crippen molar-refractivity contribution in [2.45, 2.75) is 25.7 Å². The fourth-order valence-corrected chi connectivity index (χ4v) is 3.27. The van der Waals surface area contributed by atoms with Gasteiger partial charge in [0, 0.05) is 13.1 Å². The van der Waals surface area contributed by atoms with Crippen LogP contribution in [0, 0.1) is 11.7 Å². The van der Waals surface area contributed by atoms with E-state index in [9.17, 15) is 12.8 Å². The van der Waals surface area contributed by atoms with Gasteiger partial charge in [0.2, 0.25) is 10.0 Å². The van der Waals surface area contributed by atoms with Crippen LogP contribution >= 0.6 is 0 Å². The first-order valence-corrected chi connectivity index (χ1v) is 7.08. The summed E-state index contributed by atoms with van der Waals surface area (Å²) in [6, 6.07) is 5.47. The second-order valence-electron chi connectivity index (χ2n) is 4.28. The molecule has 0 radical (unpaired) electrons. The molecule has 0 heterocycles. The van der Waals surface area contributed by atoms with E-state index in [2.05, 4.69) is 0 Å². The summed E-state index contributed by atoms with van der Waals surface area (Å²) in [4.78, 5) is -0.248. The van der Waals surface area contributed by atoms with Crippen molar-refractivity contribution in [3.05, 3.63) is 30.1 Å². The van der Waals surface area contributed by atoms with E-state index in [1.807, 2.05) is 13.8 Å². The van der Waals surface area contributed by atoms with Gasteiger partial charge >= 0.3 is 0 Å². The van der Waals surface area contributed by atoms with Crippen LogP contribution in [0.25, 0.3) is 0 Å². The SMILES string of the molecule is CCN(CC(C)C)S(=O)(=O)c1ccccc1F. The number of hydrogen-bond donors (Lipinski definition) is 0. The third kappa shape index (κ3) is 3.26. The number of nitrogens with zero attached hydrogens (tertiary/aromatic N) is 1. The van der Waals surface area contributed by atoms with Crippen LogP contribution < -0.4 is 0 Å². The first kappa shape index (κ1) is 14.1. The Morgan fingerprint density at radius 1 is 1.29 bits per heavy atom. The van der Waals surface area contributed by atoms with E-state index < -0.39 is 15.8 Å². The molecule has 0 aliphatic rings. The van der Waals surface area contributed by atoms with Gasteiger partial charge in [-0.1, -0.05) is 32.9 Å². The molecule has 0 aliphatic carbocycles. The molecule has 1 aromatic carbocycles. The van der Waals surface area contributed by atoms with Crippen molar-refractivity contribution in [2.24, 2.45) is 5.92 Å². The molecule has 17 heavy (non-hydrogen) atoms. The van der Waals surface area contributed by atoms with Gasteiger partial charge < -0.3 is 0 Å². The van der Waals surface area contributed by atoms with Gasteiger partial charge in [0.05, 0.1) is 0 Å². The first-order valence-electron chi connectivity index (χ1n) is 5.64. The lowest BCUT2D eigenvalue weighted by molar-refractivity contribution is 0.378. The Kier molecular flexibility index (Phi) is 4.65. The lowest BCUT2D eigenvalue weighted by atomic mass is 10.2. The highest BCUT2D eigenvalue weighted by molar-refractivity contribution is 7.89. The minimum Gasteiger partial charge on any atom is -0.207 e. The summed E-state index contributed by atoms with van der Waals surface area (Å²) in [6.45, 7) is 6.35. The molecule has 3 nitrogen and oxygen atoms in total. The molecule has 0 saturated heterocycles. The predicted octanol–water partition coefficient (Wildman–Crippen LogP) is 2.49. The van der Waals surface area contributed by atoms with Crippen LogP contribution in [-0.2, 0) is 10.0 Å². The maximum Gasteiger partial charge on any atom is 0.245 e. The third-order valence-corrected chi connectivity index (χ3v) is 4.35. The summed E-state index contributed by atoms with van der Waals surface area (Å²) < 4.78 is 39.2. The first-order chi connectivity index (χ1) is 7.89. The molecule has 1 aromatic rings. The maximum atomic E-state index is 13.5. The van der Waals surface area contributed by atoms with Crippen LogP contribution in [0.4, 0.5) is 4.39 Å². The van der Waals surface area contributed by atoms with Gasteiger partial charge in [0.15, 0.2) is 0 Å². The number of hydrogen-bond acceptors (Lipinski definition) is 2. The van der Waals surface area contributed by atoms with Crippen LogP contribution in [-0.4, -0.2) is 25.8 Å². The minimum absolute atomic E-state index is 0.205. The number of benzene rings is 1. The molecule has 0 aromatic heterocycles. The summed E-state index contributed by atoms with van der Waals surface area (Å²) in [5.41, 5.74) is 0. The normalized spacial score (nSPS) is 12.4. The van der Waals surface area contributed by atoms with Crippen molar-refractivity contribution in [1.82, 2.24) is 4.31 Å². The number of sulfonamides is 1. The Morgan fingerprint density at radius 2 is 1.88 bits per heavy atom. The van der Waals surface area contributed by atoms with Gasteiger partial charge in [-0.05, 0) is 18.1 Å². The molecule has 1 rings (SSSR count). The van der Waals surface area contributed by atoms with Crippen LogP contribution in [0.2, 0.25) is 0 Å². The maximum absolute atomic E-state index is 13.5. The zero-order chi connectivity index (χ0) is 13.1. The van der Waals surface area contributed by atoms with Crippen LogP contribution in [0.15, 0.2) is 29.2 Å². The molecule has 0 spiro atoms. The van der Waals surface area contributed by atoms with Crippen molar-refractivity contribution in [2.75, 3.05) is 13.1 Å². The summed E-state index contributed by atoms with van der Waals surface area (Å²) >= 11 is 0. The third-order valence-electron chi connectivity index (χ3n) is 2.38. The summed E-state index contributed by atoms with van der Waals surface area (Å²) in [7, 11) is -3.72. The molecule has 0 unspecified atom stereocenters. The molecule has 0 fully saturated rings. The van der Waals surface area contributed by atoms with Gasteiger partial charge in [-0.25, -0.2) is 12.8 Å². The molecular formula is C12H18FNO2S. The van der Waals surface area contributed by atoms with Crippen molar-refractivity contribution in [1.29, 1.82) is 0 Å². The minimum atomic E-state index is -3.72. The van der Waals surface area contributed by atoms with Gasteiger partial charge in [-0.15, -0.1) is 0 Å². The van der Waals surface area contributed by atoms with E-state index in [0.717, 1.165) is 6.07 Å². The highest BCUT2D eigenvalue weighted by Crippen LogP contribution is 2.19. The molecule has 0 bridgehead atoms.